The van der Waals surface area contributed by atoms with Crippen molar-refractivity contribution in [3.63, 3.8) is 0 Å². The van der Waals surface area contributed by atoms with E-state index in [0.29, 0.717) is 32.5 Å². The quantitative estimate of drug-likeness (QED) is 0.467. The number of hydrogen-bond acceptors (Lipinski definition) is 5. The van der Waals surface area contributed by atoms with E-state index in [1.54, 1.807) is 30.0 Å². The van der Waals surface area contributed by atoms with Crippen LogP contribution in [0.5, 0.6) is 0 Å². The largest absolute Gasteiger partial charge is 0.466 e. The van der Waals surface area contributed by atoms with E-state index in [1.807, 2.05) is 36.4 Å². The van der Waals surface area contributed by atoms with Crippen LogP contribution in [0.15, 0.2) is 42.1 Å². The van der Waals surface area contributed by atoms with Crippen molar-refractivity contribution in [2.24, 2.45) is 5.92 Å². The summed E-state index contributed by atoms with van der Waals surface area (Å²) in [5.74, 6) is -0.660. The van der Waals surface area contributed by atoms with Crippen LogP contribution in [0.2, 0.25) is 0 Å². The Morgan fingerprint density at radius 1 is 1.32 bits per heavy atom. The van der Waals surface area contributed by atoms with Crippen LogP contribution in [0.3, 0.4) is 0 Å². The first-order valence-electron chi connectivity index (χ1n) is 8.42. The van der Waals surface area contributed by atoms with Crippen molar-refractivity contribution in [2.45, 2.75) is 19.8 Å². The number of esters is 1. The zero-order valence-electron chi connectivity index (χ0n) is 14.6. The fourth-order valence-corrected chi connectivity index (χ4v) is 2.81. The fourth-order valence-electron chi connectivity index (χ4n) is 2.81. The number of carbonyl (C=O) groups is 2. The van der Waals surface area contributed by atoms with E-state index in [4.69, 9.17) is 4.74 Å². The number of para-hydroxylation sites is 1. The normalized spacial score (nSPS) is 15.4. The first-order chi connectivity index (χ1) is 12.1. The molecule has 0 N–H and O–H groups in total. The summed E-state index contributed by atoms with van der Waals surface area (Å²) in [6.07, 6.45) is 2.69. The Morgan fingerprint density at radius 2 is 1.96 bits per heavy atom. The second-order valence-corrected chi connectivity index (χ2v) is 5.92. The van der Waals surface area contributed by atoms with Gasteiger partial charge in [0.2, 0.25) is 0 Å². The zero-order valence-corrected chi connectivity index (χ0v) is 14.6. The summed E-state index contributed by atoms with van der Waals surface area (Å²) in [4.78, 5) is 27.7. The molecule has 6 heteroatoms. The molecule has 1 aromatic rings. The summed E-state index contributed by atoms with van der Waals surface area (Å²) < 4.78 is 5.03. The summed E-state index contributed by atoms with van der Waals surface area (Å²) >= 11 is 0. The summed E-state index contributed by atoms with van der Waals surface area (Å²) in [5, 5.41) is 9.37. The highest BCUT2D eigenvalue weighted by atomic mass is 16.5. The van der Waals surface area contributed by atoms with Crippen LogP contribution in [0.1, 0.15) is 19.8 Å². The third-order valence-electron chi connectivity index (χ3n) is 4.24. The van der Waals surface area contributed by atoms with E-state index in [-0.39, 0.29) is 23.4 Å². The number of likely N-dealkylation sites (tertiary alicyclic amines) is 1. The molecule has 0 radical (unpaired) electrons. The number of nitrogens with zero attached hydrogens (tertiary/aromatic N) is 3. The maximum absolute atomic E-state index is 12.6. The Balaban J connectivity index is 2.00. The Bertz CT molecular complexity index is 671. The minimum absolute atomic E-state index is 0.0842. The Morgan fingerprint density at radius 3 is 2.52 bits per heavy atom. The Kier molecular flexibility index (Phi) is 6.58. The Hall–Kier alpha value is -2.81. The van der Waals surface area contributed by atoms with Crippen molar-refractivity contribution in [2.75, 3.05) is 31.6 Å². The van der Waals surface area contributed by atoms with Gasteiger partial charge in [-0.05, 0) is 31.9 Å². The van der Waals surface area contributed by atoms with Crippen LogP contribution in [0, 0.1) is 17.2 Å². The molecule has 0 atom stereocenters. The van der Waals surface area contributed by atoms with Crippen molar-refractivity contribution in [3.8, 4) is 6.07 Å². The molecule has 0 aliphatic carbocycles. The molecule has 132 valence electrons. The van der Waals surface area contributed by atoms with Crippen LogP contribution < -0.4 is 4.90 Å². The van der Waals surface area contributed by atoms with E-state index in [1.165, 1.54) is 0 Å². The average molecular weight is 341 g/mol. The van der Waals surface area contributed by atoms with Crippen LogP contribution in [-0.4, -0.2) is 43.5 Å². The molecule has 0 saturated carbocycles. The molecule has 25 heavy (non-hydrogen) atoms. The van der Waals surface area contributed by atoms with Gasteiger partial charge in [-0.1, -0.05) is 18.2 Å². The third kappa shape index (κ3) is 4.83. The van der Waals surface area contributed by atoms with Gasteiger partial charge < -0.3 is 14.5 Å². The van der Waals surface area contributed by atoms with Gasteiger partial charge in [-0.2, -0.15) is 5.26 Å². The van der Waals surface area contributed by atoms with Gasteiger partial charge in [0, 0.05) is 32.0 Å². The highest BCUT2D eigenvalue weighted by Gasteiger charge is 2.29. The third-order valence-corrected chi connectivity index (χ3v) is 4.24. The number of piperidine rings is 1. The van der Waals surface area contributed by atoms with Gasteiger partial charge in [0.25, 0.3) is 5.91 Å². The molecule has 6 nitrogen and oxygen atoms in total. The van der Waals surface area contributed by atoms with Gasteiger partial charge in [-0.25, -0.2) is 0 Å². The highest BCUT2D eigenvalue weighted by Crippen LogP contribution is 2.20. The second-order valence-electron chi connectivity index (χ2n) is 5.92. The molecule has 0 spiro atoms. The lowest BCUT2D eigenvalue weighted by molar-refractivity contribution is -0.150. The van der Waals surface area contributed by atoms with Gasteiger partial charge in [0.1, 0.15) is 11.6 Å². The predicted octanol–water partition coefficient (Wildman–Crippen LogP) is 2.33. The van der Waals surface area contributed by atoms with Crippen molar-refractivity contribution in [1.82, 2.24) is 4.90 Å². The van der Waals surface area contributed by atoms with Crippen molar-refractivity contribution in [3.05, 3.63) is 42.1 Å². The molecule has 1 amide bonds. The molecule has 0 aromatic heterocycles. The van der Waals surface area contributed by atoms with Crippen LogP contribution in [-0.2, 0) is 14.3 Å². The number of amides is 1. The maximum Gasteiger partial charge on any atom is 0.309 e. The van der Waals surface area contributed by atoms with Crippen molar-refractivity contribution in [1.29, 1.82) is 5.26 Å². The number of rotatable bonds is 5. The minimum atomic E-state index is -0.299. The predicted molar refractivity (Wildman–Crippen MR) is 94.5 cm³/mol. The highest BCUT2D eigenvalue weighted by molar-refractivity contribution is 5.97. The zero-order chi connectivity index (χ0) is 18.2. The van der Waals surface area contributed by atoms with Gasteiger partial charge in [0.05, 0.1) is 12.5 Å². The summed E-state index contributed by atoms with van der Waals surface area (Å²) in [6, 6.07) is 11.5. The molecule has 0 unspecified atom stereocenters. The average Bonchev–Trinajstić information content (AvgIpc) is 2.66. The van der Waals surface area contributed by atoms with Gasteiger partial charge in [-0.3, -0.25) is 9.59 Å². The lowest BCUT2D eigenvalue weighted by atomic mass is 9.96. The molecule has 1 aliphatic rings. The molecule has 1 aromatic carbocycles. The summed E-state index contributed by atoms with van der Waals surface area (Å²) in [6.45, 7) is 3.06. The number of anilines is 1. The van der Waals surface area contributed by atoms with E-state index in [9.17, 15) is 14.9 Å². The first-order valence-corrected chi connectivity index (χ1v) is 8.42. The van der Waals surface area contributed by atoms with Gasteiger partial charge in [0.15, 0.2) is 0 Å². The maximum atomic E-state index is 12.6. The van der Waals surface area contributed by atoms with Gasteiger partial charge in [-0.15, -0.1) is 0 Å². The lowest BCUT2D eigenvalue weighted by Gasteiger charge is -2.30. The molecular weight excluding hydrogens is 318 g/mol. The van der Waals surface area contributed by atoms with E-state index >= 15 is 0 Å². The van der Waals surface area contributed by atoms with E-state index in [0.717, 1.165) is 5.69 Å². The fraction of sp³-hybridized carbons (Fsp3) is 0.421. The number of nitriles is 1. The monoisotopic (exact) mass is 341 g/mol. The van der Waals surface area contributed by atoms with E-state index in [2.05, 4.69) is 0 Å². The molecule has 2 rings (SSSR count). The molecule has 0 bridgehead atoms. The van der Waals surface area contributed by atoms with E-state index < -0.39 is 0 Å². The first kappa shape index (κ1) is 18.5. The lowest BCUT2D eigenvalue weighted by Crippen LogP contribution is -2.41. The van der Waals surface area contributed by atoms with Gasteiger partial charge >= 0.3 is 5.97 Å². The second kappa shape index (κ2) is 8.88. The Labute approximate surface area is 148 Å². The SMILES string of the molecule is CCOC(=O)C1CCN(C(=O)/C(C#N)=C\N(C)c2ccccc2)CC1. The number of carbonyl (C=O) groups excluding carboxylic acids is 2. The molecular formula is C19H23N3O3. The van der Waals surface area contributed by atoms with Crippen molar-refractivity contribution >= 4 is 17.6 Å². The van der Waals surface area contributed by atoms with Crippen LogP contribution >= 0.6 is 0 Å². The van der Waals surface area contributed by atoms with Crippen molar-refractivity contribution < 1.29 is 14.3 Å². The molecule has 1 heterocycles. The number of hydrogen-bond donors (Lipinski definition) is 0. The van der Waals surface area contributed by atoms with Crippen LogP contribution in [0.4, 0.5) is 5.69 Å². The number of ether oxygens (including phenoxy) is 1. The molecule has 1 aliphatic heterocycles. The minimum Gasteiger partial charge on any atom is -0.466 e. The molecule has 1 saturated heterocycles. The molecule has 1 fully saturated rings. The summed E-state index contributed by atoms with van der Waals surface area (Å²) in [5.41, 5.74) is 0.977. The van der Waals surface area contributed by atoms with Crippen LogP contribution in [0.25, 0.3) is 0 Å². The summed E-state index contributed by atoms with van der Waals surface area (Å²) in [7, 11) is 1.80. The topological polar surface area (TPSA) is 73.6 Å². The standard InChI is InChI=1S/C19H23N3O3/c1-3-25-19(24)15-9-11-22(12-10-15)18(23)16(13-20)14-21(2)17-7-5-4-6-8-17/h4-8,14-15H,3,9-12H2,1-2H3/b16-14-. The smallest absolute Gasteiger partial charge is 0.309 e. The number of benzene rings is 1.